The molecule has 0 saturated carbocycles. The maximum absolute atomic E-state index is 6.09. The van der Waals surface area contributed by atoms with Gasteiger partial charge < -0.3 is 15.0 Å². The first-order valence-electron chi connectivity index (χ1n) is 8.52. The van der Waals surface area contributed by atoms with Crippen LogP contribution in [0.15, 0.2) is 42.5 Å². The van der Waals surface area contributed by atoms with Crippen molar-refractivity contribution in [1.29, 1.82) is 0 Å². The van der Waals surface area contributed by atoms with E-state index in [1.54, 1.807) is 7.11 Å². The Morgan fingerprint density at radius 1 is 1.17 bits per heavy atom. The number of nitrogens with zero attached hydrogens (tertiary/aromatic N) is 1. The fourth-order valence-electron chi connectivity index (χ4n) is 3.70. The number of nitrogens with one attached hydrogen (secondary N) is 1. The Balaban J connectivity index is 2.01. The minimum atomic E-state index is 0.231. The van der Waals surface area contributed by atoms with Gasteiger partial charge in [0.2, 0.25) is 0 Å². The summed E-state index contributed by atoms with van der Waals surface area (Å²) in [5.74, 6) is 1.23. The van der Waals surface area contributed by atoms with E-state index in [0.29, 0.717) is 17.0 Å². The standard InChI is InChI=1S/C20H25ClN2O/c1-5-23-14(3)13(2)20(16-8-6-7-9-18(16)23)22-17-11-10-15(21)12-19(17)24-4/h6-14,20,22H,5H2,1-4H3/t13-,14-,20?/m0/s1. The number of halogens is 1. The zero-order valence-corrected chi connectivity index (χ0v) is 15.5. The Kier molecular flexibility index (Phi) is 4.91. The van der Waals surface area contributed by atoms with E-state index < -0.39 is 0 Å². The maximum atomic E-state index is 6.09. The summed E-state index contributed by atoms with van der Waals surface area (Å²) in [5.41, 5.74) is 3.63. The average Bonchev–Trinajstić information content (AvgIpc) is 2.60. The Morgan fingerprint density at radius 2 is 1.92 bits per heavy atom. The Labute approximate surface area is 149 Å². The lowest BCUT2D eigenvalue weighted by molar-refractivity contribution is 0.378. The van der Waals surface area contributed by atoms with Gasteiger partial charge in [-0.1, -0.05) is 36.7 Å². The molecule has 4 heteroatoms. The fourth-order valence-corrected chi connectivity index (χ4v) is 3.86. The van der Waals surface area contributed by atoms with Crippen LogP contribution in [-0.2, 0) is 0 Å². The summed E-state index contributed by atoms with van der Waals surface area (Å²) >= 11 is 6.09. The summed E-state index contributed by atoms with van der Waals surface area (Å²) in [7, 11) is 1.68. The van der Waals surface area contributed by atoms with E-state index in [2.05, 4.69) is 55.3 Å². The number of para-hydroxylation sites is 1. The Morgan fingerprint density at radius 3 is 2.62 bits per heavy atom. The number of rotatable bonds is 4. The molecule has 2 aromatic rings. The van der Waals surface area contributed by atoms with Crippen molar-refractivity contribution in [3.8, 4) is 5.75 Å². The van der Waals surface area contributed by atoms with Gasteiger partial charge in [0.1, 0.15) is 5.75 Å². The number of ether oxygens (including phenoxy) is 1. The van der Waals surface area contributed by atoms with Crippen molar-refractivity contribution in [2.24, 2.45) is 5.92 Å². The van der Waals surface area contributed by atoms with Crippen LogP contribution in [0.4, 0.5) is 11.4 Å². The first kappa shape index (κ1) is 17.0. The first-order chi connectivity index (χ1) is 11.6. The molecule has 0 amide bonds. The quantitative estimate of drug-likeness (QED) is 0.807. The Bertz CT molecular complexity index is 719. The maximum Gasteiger partial charge on any atom is 0.143 e. The Hall–Kier alpha value is -1.87. The number of fused-ring (bicyclic) bond motifs is 1. The van der Waals surface area contributed by atoms with E-state index in [4.69, 9.17) is 16.3 Å². The predicted molar refractivity (Wildman–Crippen MR) is 102 cm³/mol. The van der Waals surface area contributed by atoms with Crippen LogP contribution in [0.1, 0.15) is 32.4 Å². The SMILES string of the molecule is CCN1c2ccccc2C(Nc2ccc(Cl)cc2OC)[C@@H](C)[C@@H]1C. The predicted octanol–water partition coefficient (Wildman–Crippen LogP) is 5.37. The second kappa shape index (κ2) is 6.94. The van der Waals surface area contributed by atoms with Gasteiger partial charge in [-0.25, -0.2) is 0 Å². The summed E-state index contributed by atoms with van der Waals surface area (Å²) in [6, 6.07) is 15.1. The molecule has 0 aliphatic carbocycles. The van der Waals surface area contributed by atoms with E-state index in [-0.39, 0.29) is 6.04 Å². The molecule has 0 radical (unpaired) electrons. The molecule has 0 saturated heterocycles. The van der Waals surface area contributed by atoms with Gasteiger partial charge in [-0.2, -0.15) is 0 Å². The minimum Gasteiger partial charge on any atom is -0.495 e. The highest BCUT2D eigenvalue weighted by atomic mass is 35.5. The van der Waals surface area contributed by atoms with Crippen molar-refractivity contribution in [3.05, 3.63) is 53.1 Å². The van der Waals surface area contributed by atoms with Crippen molar-refractivity contribution in [3.63, 3.8) is 0 Å². The van der Waals surface area contributed by atoms with Crippen LogP contribution in [0, 0.1) is 5.92 Å². The molecule has 24 heavy (non-hydrogen) atoms. The summed E-state index contributed by atoms with van der Waals surface area (Å²) < 4.78 is 5.50. The highest BCUT2D eigenvalue weighted by Crippen LogP contribution is 2.43. The third-order valence-electron chi connectivity index (χ3n) is 5.17. The molecular weight excluding hydrogens is 320 g/mol. The number of anilines is 2. The van der Waals surface area contributed by atoms with Gasteiger partial charge in [-0.15, -0.1) is 0 Å². The molecule has 1 N–H and O–H groups in total. The van der Waals surface area contributed by atoms with Gasteiger partial charge in [-0.05, 0) is 37.6 Å². The molecule has 3 atom stereocenters. The molecule has 3 nitrogen and oxygen atoms in total. The molecule has 3 rings (SSSR count). The zero-order valence-electron chi connectivity index (χ0n) is 14.7. The summed E-state index contributed by atoms with van der Waals surface area (Å²) in [6.07, 6.45) is 0. The number of benzene rings is 2. The van der Waals surface area contributed by atoms with Crippen molar-refractivity contribution in [2.45, 2.75) is 32.9 Å². The highest BCUT2D eigenvalue weighted by molar-refractivity contribution is 6.30. The molecule has 128 valence electrons. The fraction of sp³-hybridized carbons (Fsp3) is 0.400. The van der Waals surface area contributed by atoms with E-state index in [9.17, 15) is 0 Å². The monoisotopic (exact) mass is 344 g/mol. The molecule has 0 spiro atoms. The lowest BCUT2D eigenvalue weighted by atomic mass is 9.82. The van der Waals surface area contributed by atoms with Crippen molar-refractivity contribution >= 4 is 23.0 Å². The average molecular weight is 345 g/mol. The van der Waals surface area contributed by atoms with E-state index >= 15 is 0 Å². The van der Waals surface area contributed by atoms with Crippen molar-refractivity contribution in [1.82, 2.24) is 0 Å². The molecule has 1 aliphatic heterocycles. The summed E-state index contributed by atoms with van der Waals surface area (Å²) in [6.45, 7) is 7.84. The smallest absolute Gasteiger partial charge is 0.143 e. The summed E-state index contributed by atoms with van der Waals surface area (Å²) in [5, 5.41) is 4.38. The third kappa shape index (κ3) is 2.93. The third-order valence-corrected chi connectivity index (χ3v) is 5.41. The second-order valence-electron chi connectivity index (χ2n) is 6.41. The molecule has 1 heterocycles. The topological polar surface area (TPSA) is 24.5 Å². The molecule has 0 fully saturated rings. The molecular formula is C20H25ClN2O. The van der Waals surface area contributed by atoms with Crippen molar-refractivity contribution < 1.29 is 4.74 Å². The second-order valence-corrected chi connectivity index (χ2v) is 6.85. The molecule has 0 aromatic heterocycles. The minimum absolute atomic E-state index is 0.231. The molecule has 0 bridgehead atoms. The van der Waals surface area contributed by atoms with Crippen LogP contribution in [0.2, 0.25) is 5.02 Å². The van der Waals surface area contributed by atoms with E-state index in [1.807, 2.05) is 18.2 Å². The number of methoxy groups -OCH3 is 1. The largest absolute Gasteiger partial charge is 0.495 e. The van der Waals surface area contributed by atoms with E-state index in [0.717, 1.165) is 18.0 Å². The molecule has 1 aliphatic rings. The highest BCUT2D eigenvalue weighted by Gasteiger charge is 2.35. The molecule has 1 unspecified atom stereocenters. The van der Waals surface area contributed by atoms with Gasteiger partial charge in [0, 0.05) is 35.3 Å². The van der Waals surface area contributed by atoms with Crippen LogP contribution in [0.5, 0.6) is 5.75 Å². The van der Waals surface area contributed by atoms with Crippen molar-refractivity contribution in [2.75, 3.05) is 23.9 Å². The molecule has 2 aromatic carbocycles. The van der Waals surface area contributed by atoms with Gasteiger partial charge in [0.05, 0.1) is 18.8 Å². The van der Waals surface area contributed by atoms with Gasteiger partial charge in [-0.3, -0.25) is 0 Å². The van der Waals surface area contributed by atoms with Crippen LogP contribution in [0.25, 0.3) is 0 Å². The van der Waals surface area contributed by atoms with Crippen LogP contribution >= 0.6 is 11.6 Å². The lowest BCUT2D eigenvalue weighted by Crippen LogP contribution is -2.46. The normalized spacial score (nSPS) is 22.9. The van der Waals surface area contributed by atoms with Gasteiger partial charge in [0.15, 0.2) is 0 Å². The number of hydrogen-bond acceptors (Lipinski definition) is 3. The summed E-state index contributed by atoms with van der Waals surface area (Å²) in [4.78, 5) is 2.48. The van der Waals surface area contributed by atoms with Gasteiger partial charge in [0.25, 0.3) is 0 Å². The van der Waals surface area contributed by atoms with Gasteiger partial charge >= 0.3 is 0 Å². The van der Waals surface area contributed by atoms with Crippen LogP contribution < -0.4 is 15.0 Å². The lowest BCUT2D eigenvalue weighted by Gasteiger charge is -2.45. The zero-order chi connectivity index (χ0) is 17.3. The van der Waals surface area contributed by atoms with Crippen LogP contribution in [-0.4, -0.2) is 19.7 Å². The number of hydrogen-bond donors (Lipinski definition) is 1. The van der Waals surface area contributed by atoms with E-state index in [1.165, 1.54) is 11.3 Å². The van der Waals surface area contributed by atoms with Crippen LogP contribution in [0.3, 0.4) is 0 Å². The first-order valence-corrected chi connectivity index (χ1v) is 8.90.